The predicted octanol–water partition coefficient (Wildman–Crippen LogP) is 2.79. The fraction of sp³-hybridized carbons (Fsp3) is 0.800. The van der Waals surface area contributed by atoms with Crippen LogP contribution in [0.25, 0.3) is 0 Å². The van der Waals surface area contributed by atoms with Gasteiger partial charge < -0.3 is 4.74 Å². The summed E-state index contributed by atoms with van der Waals surface area (Å²) in [5.41, 5.74) is 2.63. The third kappa shape index (κ3) is 1.01. The van der Waals surface area contributed by atoms with E-state index in [1.54, 1.807) is 0 Å². The second kappa shape index (κ2) is 3.15. The Balaban J connectivity index is 1.71. The van der Waals surface area contributed by atoms with E-state index >= 15 is 0 Å². The number of allylic oxidation sites excluding steroid dienone is 1. The van der Waals surface area contributed by atoms with E-state index in [1.165, 1.54) is 31.9 Å². The normalized spacial score (nSPS) is 47.9. The Morgan fingerprint density at radius 3 is 2.71 bits per heavy atom. The number of esters is 1. The fourth-order valence-electron chi connectivity index (χ4n) is 5.49. The molecule has 2 heteroatoms. The highest BCUT2D eigenvalue weighted by Gasteiger charge is 2.77. The smallest absolute Gasteiger partial charge is 0.333 e. The molecule has 4 saturated carbocycles. The second-order valence-corrected chi connectivity index (χ2v) is 6.30. The van der Waals surface area contributed by atoms with Crippen molar-refractivity contribution in [2.24, 2.45) is 35.5 Å². The summed E-state index contributed by atoms with van der Waals surface area (Å²) < 4.78 is 5.03. The molecule has 4 fully saturated rings. The summed E-state index contributed by atoms with van der Waals surface area (Å²) in [5.74, 6) is 5.05. The van der Waals surface area contributed by atoms with Crippen LogP contribution < -0.4 is 0 Å². The molecule has 17 heavy (non-hydrogen) atoms. The van der Waals surface area contributed by atoms with Crippen molar-refractivity contribution >= 4 is 5.97 Å². The Kier molecular flexibility index (Phi) is 1.88. The molecule has 0 amide bonds. The number of carbonyl (C=O) groups is 1. The summed E-state index contributed by atoms with van der Waals surface area (Å²) in [6.45, 7) is 2.23. The molecule has 0 radical (unpaired) electrons. The zero-order chi connectivity index (χ0) is 11.7. The molecular formula is C15H20O2. The van der Waals surface area contributed by atoms with Crippen LogP contribution in [0.1, 0.15) is 32.6 Å². The van der Waals surface area contributed by atoms with Gasteiger partial charge in [0.25, 0.3) is 0 Å². The third-order valence-corrected chi connectivity index (χ3v) is 5.88. The molecule has 5 aliphatic carbocycles. The fourth-order valence-corrected chi connectivity index (χ4v) is 5.49. The highest BCUT2D eigenvalue weighted by atomic mass is 16.5. The number of methoxy groups -OCH3 is 1. The van der Waals surface area contributed by atoms with Gasteiger partial charge in [0.1, 0.15) is 0 Å². The number of rotatable bonds is 4. The van der Waals surface area contributed by atoms with E-state index in [9.17, 15) is 4.79 Å². The standard InChI is InChI=1S/C15H20O2/c1-3-4-5-7-10-8-6-9-11(10)12(9)13(8)14(7)15(16)17-2/h8-13H,3-6H2,1-2H3. The van der Waals surface area contributed by atoms with Crippen LogP contribution >= 0.6 is 0 Å². The summed E-state index contributed by atoms with van der Waals surface area (Å²) in [7, 11) is 1.54. The lowest BCUT2D eigenvalue weighted by Crippen LogP contribution is -2.16. The van der Waals surface area contributed by atoms with Gasteiger partial charge >= 0.3 is 5.97 Å². The molecule has 5 rings (SSSR count). The molecule has 0 aromatic heterocycles. The lowest BCUT2D eigenvalue weighted by molar-refractivity contribution is -0.136. The molecule has 6 unspecified atom stereocenters. The molecule has 0 spiro atoms. The Hall–Kier alpha value is -0.790. The average molecular weight is 232 g/mol. The predicted molar refractivity (Wildman–Crippen MR) is 64.1 cm³/mol. The van der Waals surface area contributed by atoms with Crippen molar-refractivity contribution in [1.82, 2.24) is 0 Å². The van der Waals surface area contributed by atoms with E-state index in [0.717, 1.165) is 41.6 Å². The number of unbranched alkanes of at least 4 members (excludes halogenated alkanes) is 1. The molecule has 0 saturated heterocycles. The number of carbonyl (C=O) groups excluding carboxylic acids is 1. The van der Waals surface area contributed by atoms with Crippen LogP contribution in [0.15, 0.2) is 11.1 Å². The van der Waals surface area contributed by atoms with Gasteiger partial charge in [-0.1, -0.05) is 18.9 Å². The maximum absolute atomic E-state index is 12.0. The van der Waals surface area contributed by atoms with Crippen molar-refractivity contribution in [3.8, 4) is 0 Å². The van der Waals surface area contributed by atoms with Crippen molar-refractivity contribution in [3.63, 3.8) is 0 Å². The molecule has 6 atom stereocenters. The van der Waals surface area contributed by atoms with Gasteiger partial charge in [-0.3, -0.25) is 0 Å². The van der Waals surface area contributed by atoms with Gasteiger partial charge in [0, 0.05) is 5.57 Å². The van der Waals surface area contributed by atoms with Crippen LogP contribution in [0.4, 0.5) is 0 Å². The van der Waals surface area contributed by atoms with Crippen molar-refractivity contribution < 1.29 is 9.53 Å². The molecule has 0 aliphatic heterocycles. The van der Waals surface area contributed by atoms with Gasteiger partial charge in [-0.05, 0) is 54.8 Å². The van der Waals surface area contributed by atoms with E-state index in [0.29, 0.717) is 5.92 Å². The monoisotopic (exact) mass is 232 g/mol. The Labute approximate surface area is 102 Å². The van der Waals surface area contributed by atoms with Crippen LogP contribution in [0.3, 0.4) is 0 Å². The zero-order valence-electron chi connectivity index (χ0n) is 10.6. The molecule has 5 aliphatic rings. The molecular weight excluding hydrogens is 212 g/mol. The average Bonchev–Trinajstić information content (AvgIpc) is 2.74. The van der Waals surface area contributed by atoms with Gasteiger partial charge in [-0.25, -0.2) is 4.79 Å². The second-order valence-electron chi connectivity index (χ2n) is 6.30. The largest absolute Gasteiger partial charge is 0.466 e. The van der Waals surface area contributed by atoms with E-state index in [2.05, 4.69) is 6.92 Å². The first-order valence-corrected chi connectivity index (χ1v) is 7.10. The molecule has 0 aromatic rings. The number of hydrogen-bond acceptors (Lipinski definition) is 2. The van der Waals surface area contributed by atoms with Crippen molar-refractivity contribution in [3.05, 3.63) is 11.1 Å². The van der Waals surface area contributed by atoms with E-state index in [1.807, 2.05) is 0 Å². The molecule has 0 heterocycles. The zero-order valence-corrected chi connectivity index (χ0v) is 10.6. The van der Waals surface area contributed by atoms with Crippen LogP contribution in [0.2, 0.25) is 0 Å². The molecule has 0 aromatic carbocycles. The summed E-state index contributed by atoms with van der Waals surface area (Å²) in [5, 5.41) is 0. The lowest BCUT2D eigenvalue weighted by Gasteiger charge is -2.17. The summed E-state index contributed by atoms with van der Waals surface area (Å²) >= 11 is 0. The Morgan fingerprint density at radius 1 is 1.29 bits per heavy atom. The number of hydrogen-bond donors (Lipinski definition) is 0. The topological polar surface area (TPSA) is 26.3 Å². The summed E-state index contributed by atoms with van der Waals surface area (Å²) in [4.78, 5) is 12.0. The highest BCUT2D eigenvalue weighted by Crippen LogP contribution is 2.82. The van der Waals surface area contributed by atoms with Crippen molar-refractivity contribution in [2.45, 2.75) is 32.6 Å². The summed E-state index contributed by atoms with van der Waals surface area (Å²) in [6.07, 6.45) is 5.00. The molecule has 0 N–H and O–H groups in total. The molecule has 92 valence electrons. The maximum atomic E-state index is 12.0. The number of ether oxygens (including phenoxy) is 1. The minimum absolute atomic E-state index is 0.0143. The first-order chi connectivity index (χ1) is 8.29. The van der Waals surface area contributed by atoms with Crippen molar-refractivity contribution in [1.29, 1.82) is 0 Å². The lowest BCUT2D eigenvalue weighted by atomic mass is 9.88. The van der Waals surface area contributed by atoms with Gasteiger partial charge in [0.15, 0.2) is 0 Å². The minimum Gasteiger partial charge on any atom is -0.466 e. The van der Waals surface area contributed by atoms with Crippen molar-refractivity contribution in [2.75, 3.05) is 7.11 Å². The van der Waals surface area contributed by atoms with Crippen LogP contribution in [-0.4, -0.2) is 13.1 Å². The molecule has 6 bridgehead atoms. The van der Waals surface area contributed by atoms with Gasteiger partial charge in [0.05, 0.1) is 7.11 Å². The SMILES string of the molecule is CCCCC1=C(C(=O)OC)C2C3CC4C(C13)C42. The first kappa shape index (κ1) is 10.2. The minimum atomic E-state index is -0.0143. The quantitative estimate of drug-likeness (QED) is 0.697. The Bertz CT molecular complexity index is 423. The summed E-state index contributed by atoms with van der Waals surface area (Å²) in [6, 6.07) is 0. The van der Waals surface area contributed by atoms with E-state index < -0.39 is 0 Å². The first-order valence-electron chi connectivity index (χ1n) is 7.10. The third-order valence-electron chi connectivity index (χ3n) is 5.88. The molecule has 2 nitrogen and oxygen atoms in total. The van der Waals surface area contributed by atoms with E-state index in [-0.39, 0.29) is 5.97 Å². The van der Waals surface area contributed by atoms with Crippen LogP contribution in [0, 0.1) is 35.5 Å². The van der Waals surface area contributed by atoms with E-state index in [4.69, 9.17) is 4.74 Å². The highest BCUT2D eigenvalue weighted by molar-refractivity contribution is 5.92. The van der Waals surface area contributed by atoms with Crippen LogP contribution in [-0.2, 0) is 9.53 Å². The Morgan fingerprint density at radius 2 is 2.06 bits per heavy atom. The van der Waals surface area contributed by atoms with Crippen LogP contribution in [0.5, 0.6) is 0 Å². The van der Waals surface area contributed by atoms with Gasteiger partial charge in [-0.2, -0.15) is 0 Å². The maximum Gasteiger partial charge on any atom is 0.333 e. The van der Waals surface area contributed by atoms with Gasteiger partial charge in [0.2, 0.25) is 0 Å². The van der Waals surface area contributed by atoms with Gasteiger partial charge in [-0.15, -0.1) is 0 Å².